The molecule has 1 aliphatic heterocycles. The van der Waals surface area contributed by atoms with Crippen molar-refractivity contribution in [2.75, 3.05) is 25.4 Å². The van der Waals surface area contributed by atoms with Gasteiger partial charge < -0.3 is 31.5 Å². The van der Waals surface area contributed by atoms with Gasteiger partial charge in [-0.1, -0.05) is 24.3 Å². The maximum Gasteiger partial charge on any atom is 0.332 e. The van der Waals surface area contributed by atoms with Crippen molar-refractivity contribution in [2.45, 2.75) is 41.9 Å². The molecule has 0 radical (unpaired) electrons. The maximum atomic E-state index is 13.3. The summed E-state index contributed by atoms with van der Waals surface area (Å²) in [4.78, 5) is 24.6. The summed E-state index contributed by atoms with van der Waals surface area (Å²) in [5, 5.41) is 30.7. The third-order valence-corrected chi connectivity index (χ3v) is 7.14. The topological polar surface area (TPSA) is 220 Å². The van der Waals surface area contributed by atoms with Gasteiger partial charge in [0, 0.05) is 19.6 Å². The van der Waals surface area contributed by atoms with Gasteiger partial charge in [-0.3, -0.25) is 14.3 Å². The summed E-state index contributed by atoms with van der Waals surface area (Å²) in [5.41, 5.74) is 12.5. The number of halogens is 1. The molecule has 39 heavy (non-hydrogen) atoms. The van der Waals surface area contributed by atoms with Crippen LogP contribution in [0.3, 0.4) is 0 Å². The summed E-state index contributed by atoms with van der Waals surface area (Å²) in [5.74, 6) is -1.03. The summed E-state index contributed by atoms with van der Waals surface area (Å²) < 4.78 is 43.1. The quantitative estimate of drug-likeness (QED) is 0.185. The van der Waals surface area contributed by atoms with Crippen molar-refractivity contribution in [3.63, 3.8) is 0 Å². The minimum absolute atomic E-state index is 0.0774. The number of aromatic nitrogens is 4. The van der Waals surface area contributed by atoms with E-state index in [-0.39, 0.29) is 31.9 Å². The highest BCUT2D eigenvalue weighted by Crippen LogP contribution is 2.32. The van der Waals surface area contributed by atoms with Gasteiger partial charge in [0.2, 0.25) is 0 Å². The van der Waals surface area contributed by atoms with E-state index in [2.05, 4.69) is 15.0 Å². The molecule has 7 N–H and O–H groups in total. The predicted molar refractivity (Wildman–Crippen MR) is 136 cm³/mol. The monoisotopic (exact) mass is 565 g/mol. The number of imidazole rings is 1. The predicted octanol–water partition coefficient (Wildman–Crippen LogP) is -0.497. The number of aliphatic hydroxyl groups excluding tert-OH is 2. The molecule has 2 aromatic heterocycles. The number of carboxylic acid groups (broad SMARTS) is 1. The molecule has 0 spiro atoms. The summed E-state index contributed by atoms with van der Waals surface area (Å²) in [7, 11) is -4.86. The van der Waals surface area contributed by atoms with Gasteiger partial charge in [0.15, 0.2) is 17.7 Å². The summed E-state index contributed by atoms with van der Waals surface area (Å²) in [6, 6.07) is 4.17. The van der Waals surface area contributed by atoms with Gasteiger partial charge in [0.05, 0.1) is 11.2 Å². The number of ether oxygens (including phenoxy) is 1. The number of carbonyl (C=O) groups is 1. The molecule has 0 amide bonds. The Labute approximate surface area is 222 Å². The van der Waals surface area contributed by atoms with Crippen LogP contribution in [0.5, 0.6) is 0 Å². The van der Waals surface area contributed by atoms with Crippen molar-refractivity contribution in [2.24, 2.45) is 5.73 Å². The number of benzene rings is 1. The molecule has 14 nitrogen and oxygen atoms in total. The second-order valence-corrected chi connectivity index (χ2v) is 10.4. The Hall–Kier alpha value is -3.54. The van der Waals surface area contributed by atoms with Gasteiger partial charge >= 0.3 is 16.2 Å². The molecule has 0 saturated carbocycles. The molecular weight excluding hydrogens is 537 g/mol. The molecule has 1 aromatic carbocycles. The second-order valence-electron chi connectivity index (χ2n) is 9.03. The van der Waals surface area contributed by atoms with Crippen molar-refractivity contribution in [3.8, 4) is 0 Å². The van der Waals surface area contributed by atoms with Crippen LogP contribution in [0.15, 0.2) is 47.9 Å². The van der Waals surface area contributed by atoms with E-state index < -0.39 is 51.7 Å². The van der Waals surface area contributed by atoms with E-state index in [9.17, 15) is 27.3 Å². The number of nitrogens with zero attached hydrogens (tertiary/aromatic N) is 5. The fourth-order valence-corrected chi connectivity index (χ4v) is 4.75. The van der Waals surface area contributed by atoms with Gasteiger partial charge in [-0.05, 0) is 24.1 Å². The van der Waals surface area contributed by atoms with Crippen LogP contribution in [0.25, 0.3) is 17.2 Å². The van der Waals surface area contributed by atoms with Crippen molar-refractivity contribution in [1.29, 1.82) is 0 Å². The second kappa shape index (κ2) is 11.7. The van der Waals surface area contributed by atoms with Crippen molar-refractivity contribution in [1.82, 2.24) is 24.4 Å². The first-order valence-corrected chi connectivity index (χ1v) is 13.2. The molecule has 1 fully saturated rings. The first-order chi connectivity index (χ1) is 18.5. The number of carboxylic acids is 1. The summed E-state index contributed by atoms with van der Waals surface area (Å²) in [6.07, 6.45) is 1.35. The molecule has 0 unspecified atom stereocenters. The lowest BCUT2D eigenvalue weighted by atomic mass is 10.1. The smallest absolute Gasteiger partial charge is 0.332 e. The SMILES string of the molecule is Nc1ncnc2c1ncn2[C@@H]1O[C@H](CN(C/C=C/c2cccc(S(=O)(=O)F)c2)CC[C@H](N)C(=O)O)[C@@H](O)[C@H]1O. The molecule has 1 saturated heterocycles. The van der Waals surface area contributed by atoms with Crippen LogP contribution in [0, 0.1) is 0 Å². The normalized spacial score (nSPS) is 22.7. The van der Waals surface area contributed by atoms with E-state index in [1.807, 2.05) is 0 Å². The molecule has 4 rings (SSSR count). The number of nitrogens with two attached hydrogens (primary N) is 2. The molecule has 210 valence electrons. The minimum Gasteiger partial charge on any atom is -0.480 e. The zero-order chi connectivity index (χ0) is 28.3. The van der Waals surface area contributed by atoms with Gasteiger partial charge in [-0.2, -0.15) is 8.42 Å². The third kappa shape index (κ3) is 6.55. The van der Waals surface area contributed by atoms with E-state index in [0.717, 1.165) is 6.07 Å². The summed E-state index contributed by atoms with van der Waals surface area (Å²) in [6.45, 7) is 0.486. The first-order valence-electron chi connectivity index (χ1n) is 11.8. The van der Waals surface area contributed by atoms with E-state index in [0.29, 0.717) is 16.7 Å². The van der Waals surface area contributed by atoms with Crippen LogP contribution in [0.4, 0.5) is 9.70 Å². The minimum atomic E-state index is -4.86. The fraction of sp³-hybridized carbons (Fsp3) is 0.391. The number of nitrogen functional groups attached to an aromatic ring is 1. The van der Waals surface area contributed by atoms with E-state index in [1.165, 1.54) is 29.4 Å². The number of rotatable bonds is 11. The molecule has 1 aliphatic rings. The number of fused-ring (bicyclic) bond motifs is 1. The van der Waals surface area contributed by atoms with Crippen LogP contribution in [-0.2, 0) is 19.8 Å². The summed E-state index contributed by atoms with van der Waals surface area (Å²) >= 11 is 0. The Morgan fingerprint density at radius 1 is 1.26 bits per heavy atom. The molecule has 5 atom stereocenters. The maximum absolute atomic E-state index is 13.3. The van der Waals surface area contributed by atoms with Gasteiger partial charge in [0.25, 0.3) is 0 Å². The zero-order valence-electron chi connectivity index (χ0n) is 20.5. The third-order valence-electron chi connectivity index (χ3n) is 6.32. The highest BCUT2D eigenvalue weighted by molar-refractivity contribution is 7.86. The number of anilines is 1. The van der Waals surface area contributed by atoms with Gasteiger partial charge in [-0.15, -0.1) is 3.89 Å². The van der Waals surface area contributed by atoms with Crippen LogP contribution in [-0.4, -0.2) is 98.1 Å². The van der Waals surface area contributed by atoms with E-state index >= 15 is 0 Å². The van der Waals surface area contributed by atoms with Crippen LogP contribution in [0.1, 0.15) is 18.2 Å². The lowest BCUT2D eigenvalue weighted by molar-refractivity contribution is -0.138. The number of hydrogen-bond acceptors (Lipinski definition) is 12. The Bertz CT molecular complexity index is 1470. The Balaban J connectivity index is 1.50. The fourth-order valence-electron chi connectivity index (χ4n) is 4.23. The molecular formula is C23H28FN7O7S. The van der Waals surface area contributed by atoms with Crippen LogP contribution in [0.2, 0.25) is 0 Å². The van der Waals surface area contributed by atoms with Gasteiger partial charge in [-0.25, -0.2) is 15.0 Å². The molecule has 16 heteroatoms. The largest absolute Gasteiger partial charge is 0.480 e. The zero-order valence-corrected chi connectivity index (χ0v) is 21.3. The average Bonchev–Trinajstić information content (AvgIpc) is 3.44. The molecule has 3 heterocycles. The molecule has 0 bridgehead atoms. The molecule has 0 aliphatic carbocycles. The lowest BCUT2D eigenvalue weighted by Gasteiger charge is -2.26. The average molecular weight is 566 g/mol. The number of aliphatic carboxylic acids is 1. The Morgan fingerprint density at radius 2 is 2.03 bits per heavy atom. The van der Waals surface area contributed by atoms with Crippen molar-refractivity contribution in [3.05, 3.63) is 48.6 Å². The highest BCUT2D eigenvalue weighted by Gasteiger charge is 2.44. The Morgan fingerprint density at radius 3 is 2.74 bits per heavy atom. The number of hydrogen-bond donors (Lipinski definition) is 5. The molecule has 3 aromatic rings. The van der Waals surface area contributed by atoms with E-state index in [4.69, 9.17) is 21.3 Å². The Kier molecular flexibility index (Phi) is 8.53. The van der Waals surface area contributed by atoms with Crippen LogP contribution >= 0.6 is 0 Å². The first kappa shape index (κ1) is 28.5. The van der Waals surface area contributed by atoms with E-state index in [1.54, 1.807) is 23.1 Å². The standard InChI is InChI=1S/C23H28FN7O7S/c24-39(36,37)14-5-1-3-13(9-14)4-2-7-30(8-6-15(25)23(34)35)10-16-18(32)19(33)22(38-16)31-12-29-17-20(26)27-11-28-21(17)31/h1-5,9,11-12,15-16,18-19,22,32-33H,6-8,10,25H2,(H,34,35)(H2,26,27,28)/b4-2+/t15-,16+,18+,19+,22+/m0/s1. The van der Waals surface area contributed by atoms with Crippen LogP contribution < -0.4 is 11.5 Å². The number of aliphatic hydroxyl groups is 2. The van der Waals surface area contributed by atoms with Gasteiger partial charge in [0.1, 0.15) is 36.2 Å². The highest BCUT2D eigenvalue weighted by atomic mass is 32.3. The lowest BCUT2D eigenvalue weighted by Crippen LogP contribution is -2.42. The van der Waals surface area contributed by atoms with Crippen molar-refractivity contribution < 1.29 is 37.2 Å². The van der Waals surface area contributed by atoms with Crippen molar-refractivity contribution >= 4 is 39.3 Å².